The lowest BCUT2D eigenvalue weighted by Crippen LogP contribution is -2.14. The number of nitrogens with zero attached hydrogens (tertiary/aromatic N) is 2. The molecule has 24 heavy (non-hydrogen) atoms. The monoisotopic (exact) mass is 356 g/mol. The zero-order valence-corrected chi connectivity index (χ0v) is 14.6. The van der Waals surface area contributed by atoms with Gasteiger partial charge in [-0.25, -0.2) is 0 Å². The Bertz CT molecular complexity index is 651. The van der Waals surface area contributed by atoms with Crippen LogP contribution in [0.5, 0.6) is 0 Å². The first-order chi connectivity index (χ1) is 11.5. The van der Waals surface area contributed by atoms with E-state index in [1.807, 2.05) is 13.8 Å². The Morgan fingerprint density at radius 3 is 2.58 bits per heavy atom. The number of nitro benzene ring substituents is 1. The highest BCUT2D eigenvalue weighted by Gasteiger charge is 2.42. The standard InChI is InChI=1S/C15H21N2O6P/c1-3-8-21-24(20,22-9-4-2)15-11-14(16-23-15)12-6-5-7-13(10-12)17(18)19/h5-7,10,15H,3-4,8-9,11H2,1-2H3. The SMILES string of the molecule is CCCOP(=O)(OCCC)C1CC(c2cccc([N+](=O)[O-])c2)=NO1. The molecule has 9 heteroatoms. The van der Waals surface area contributed by atoms with E-state index in [1.54, 1.807) is 12.1 Å². The van der Waals surface area contributed by atoms with Gasteiger partial charge in [0.15, 0.2) is 0 Å². The smallest absolute Gasteiger partial charge is 0.374 e. The van der Waals surface area contributed by atoms with E-state index in [2.05, 4.69) is 5.16 Å². The molecule has 8 nitrogen and oxygen atoms in total. The quantitative estimate of drug-likeness (QED) is 0.375. The number of hydrogen-bond donors (Lipinski definition) is 0. The van der Waals surface area contributed by atoms with Crippen molar-refractivity contribution in [2.24, 2.45) is 5.16 Å². The fourth-order valence-electron chi connectivity index (χ4n) is 2.14. The van der Waals surface area contributed by atoms with E-state index < -0.39 is 18.4 Å². The third kappa shape index (κ3) is 4.41. The molecule has 1 aromatic carbocycles. The van der Waals surface area contributed by atoms with Crippen molar-refractivity contribution < 1.29 is 23.4 Å². The Balaban J connectivity index is 2.12. The van der Waals surface area contributed by atoms with Gasteiger partial charge in [-0.2, -0.15) is 0 Å². The maximum Gasteiger partial charge on any atom is 0.374 e. The van der Waals surface area contributed by atoms with E-state index >= 15 is 0 Å². The maximum absolute atomic E-state index is 12.9. The molecule has 1 aliphatic rings. The third-order valence-electron chi connectivity index (χ3n) is 3.35. The minimum absolute atomic E-state index is 0.0358. The predicted molar refractivity (Wildman–Crippen MR) is 89.2 cm³/mol. The lowest BCUT2D eigenvalue weighted by molar-refractivity contribution is -0.384. The first kappa shape index (κ1) is 18.6. The molecule has 0 aromatic heterocycles. The molecule has 0 bridgehead atoms. The van der Waals surface area contributed by atoms with Crippen molar-refractivity contribution in [2.75, 3.05) is 13.2 Å². The summed E-state index contributed by atoms with van der Waals surface area (Å²) in [5.74, 6) is -0.829. The summed E-state index contributed by atoms with van der Waals surface area (Å²) < 4.78 is 23.8. The Morgan fingerprint density at radius 1 is 1.33 bits per heavy atom. The summed E-state index contributed by atoms with van der Waals surface area (Å²) >= 11 is 0. The van der Waals surface area contributed by atoms with Crippen molar-refractivity contribution in [2.45, 2.75) is 39.0 Å². The van der Waals surface area contributed by atoms with Crippen LogP contribution in [0, 0.1) is 10.1 Å². The largest absolute Gasteiger partial charge is 0.379 e. The van der Waals surface area contributed by atoms with E-state index in [0.717, 1.165) is 0 Å². The minimum atomic E-state index is -3.46. The summed E-state index contributed by atoms with van der Waals surface area (Å²) in [7, 11) is -3.46. The van der Waals surface area contributed by atoms with Gasteiger partial charge in [-0.3, -0.25) is 14.7 Å². The van der Waals surface area contributed by atoms with E-state index in [0.29, 0.717) is 37.3 Å². The number of hydrogen-bond acceptors (Lipinski definition) is 7. The van der Waals surface area contributed by atoms with Gasteiger partial charge >= 0.3 is 7.60 Å². The van der Waals surface area contributed by atoms with Gasteiger partial charge < -0.3 is 13.9 Å². The van der Waals surface area contributed by atoms with Crippen LogP contribution < -0.4 is 0 Å². The van der Waals surface area contributed by atoms with Gasteiger partial charge in [-0.15, -0.1) is 0 Å². The second kappa shape index (κ2) is 8.37. The molecule has 1 aromatic rings. The fraction of sp³-hybridized carbons (Fsp3) is 0.533. The number of rotatable bonds is 9. The van der Waals surface area contributed by atoms with Crippen LogP contribution in [-0.4, -0.2) is 29.7 Å². The van der Waals surface area contributed by atoms with E-state index in [-0.39, 0.29) is 12.1 Å². The Hall–Kier alpha value is -1.76. The Kier molecular flexibility index (Phi) is 6.48. The Morgan fingerprint density at radius 2 is 2.00 bits per heavy atom. The van der Waals surface area contributed by atoms with Crippen LogP contribution in [0.2, 0.25) is 0 Å². The van der Waals surface area contributed by atoms with Crippen LogP contribution in [0.3, 0.4) is 0 Å². The van der Waals surface area contributed by atoms with Gasteiger partial charge in [-0.05, 0) is 12.8 Å². The van der Waals surface area contributed by atoms with Gasteiger partial charge in [0.1, 0.15) is 0 Å². The van der Waals surface area contributed by atoms with Crippen molar-refractivity contribution in [1.82, 2.24) is 0 Å². The maximum atomic E-state index is 12.9. The molecule has 1 unspecified atom stereocenters. The summed E-state index contributed by atoms with van der Waals surface area (Å²) in [6.45, 7) is 4.41. The third-order valence-corrected chi connectivity index (χ3v) is 5.41. The highest BCUT2D eigenvalue weighted by Crippen LogP contribution is 2.56. The fourth-order valence-corrected chi connectivity index (χ4v) is 3.98. The average molecular weight is 356 g/mol. The highest BCUT2D eigenvalue weighted by molar-refractivity contribution is 7.54. The van der Waals surface area contributed by atoms with Crippen LogP contribution in [0.25, 0.3) is 0 Å². The van der Waals surface area contributed by atoms with E-state index in [4.69, 9.17) is 13.9 Å². The molecule has 0 fully saturated rings. The number of benzene rings is 1. The molecule has 0 spiro atoms. The summed E-state index contributed by atoms with van der Waals surface area (Å²) in [5, 5.41) is 14.8. The van der Waals surface area contributed by atoms with Crippen molar-refractivity contribution >= 4 is 19.0 Å². The second-order valence-electron chi connectivity index (χ2n) is 5.32. The van der Waals surface area contributed by atoms with Gasteiger partial charge in [-0.1, -0.05) is 31.1 Å². The van der Waals surface area contributed by atoms with Crippen molar-refractivity contribution in [3.05, 3.63) is 39.9 Å². The molecule has 1 atom stereocenters. The molecular weight excluding hydrogens is 335 g/mol. The summed E-state index contributed by atoms with van der Waals surface area (Å²) in [6, 6.07) is 6.08. The summed E-state index contributed by atoms with van der Waals surface area (Å²) in [5.41, 5.74) is 1.01. The molecule has 0 radical (unpaired) electrons. The van der Waals surface area contributed by atoms with Crippen molar-refractivity contribution in [3.8, 4) is 0 Å². The normalized spacial score (nSPS) is 17.4. The summed E-state index contributed by atoms with van der Waals surface area (Å²) in [4.78, 5) is 15.7. The van der Waals surface area contributed by atoms with Gasteiger partial charge in [0.05, 0.1) is 23.8 Å². The van der Waals surface area contributed by atoms with Crippen molar-refractivity contribution in [1.29, 1.82) is 0 Å². The van der Waals surface area contributed by atoms with Gasteiger partial charge in [0.25, 0.3) is 5.69 Å². The van der Waals surface area contributed by atoms with E-state index in [1.165, 1.54) is 12.1 Å². The lowest BCUT2D eigenvalue weighted by atomic mass is 10.1. The molecule has 1 aliphatic heterocycles. The predicted octanol–water partition coefficient (Wildman–Crippen LogP) is 4.09. The van der Waals surface area contributed by atoms with Crippen LogP contribution in [0.1, 0.15) is 38.7 Å². The van der Waals surface area contributed by atoms with Crippen LogP contribution in [0.4, 0.5) is 5.69 Å². The number of oxime groups is 1. The topological polar surface area (TPSA) is 100 Å². The molecule has 132 valence electrons. The first-order valence-electron chi connectivity index (χ1n) is 7.86. The van der Waals surface area contributed by atoms with Crippen molar-refractivity contribution in [3.63, 3.8) is 0 Å². The molecule has 0 saturated carbocycles. The molecule has 0 amide bonds. The number of nitro groups is 1. The zero-order valence-electron chi connectivity index (χ0n) is 13.7. The first-order valence-corrected chi connectivity index (χ1v) is 9.47. The van der Waals surface area contributed by atoms with Gasteiger partial charge in [0, 0.05) is 24.1 Å². The molecule has 0 saturated heterocycles. The average Bonchev–Trinajstić information content (AvgIpc) is 3.09. The zero-order chi connectivity index (χ0) is 17.6. The molecular formula is C15H21N2O6P. The van der Waals surface area contributed by atoms with Gasteiger partial charge in [0.2, 0.25) is 5.85 Å². The van der Waals surface area contributed by atoms with Crippen LogP contribution in [-0.2, 0) is 18.5 Å². The van der Waals surface area contributed by atoms with Crippen LogP contribution >= 0.6 is 7.60 Å². The highest BCUT2D eigenvalue weighted by atomic mass is 31.2. The lowest BCUT2D eigenvalue weighted by Gasteiger charge is -2.21. The Labute approximate surface area is 140 Å². The molecule has 0 aliphatic carbocycles. The number of non-ortho nitro benzene ring substituents is 1. The van der Waals surface area contributed by atoms with E-state index in [9.17, 15) is 14.7 Å². The van der Waals surface area contributed by atoms with Crippen LogP contribution in [0.15, 0.2) is 29.4 Å². The molecule has 0 N–H and O–H groups in total. The molecule has 1 heterocycles. The summed E-state index contributed by atoms with van der Waals surface area (Å²) in [6.07, 6.45) is 1.61. The second-order valence-corrected chi connectivity index (χ2v) is 7.49. The minimum Gasteiger partial charge on any atom is -0.379 e. The molecule has 2 rings (SSSR count).